The van der Waals surface area contributed by atoms with Crippen molar-refractivity contribution in [2.24, 2.45) is 5.41 Å². The number of nitrogens with zero attached hydrogens (tertiary/aromatic N) is 4. The van der Waals surface area contributed by atoms with Crippen LogP contribution in [0.4, 0.5) is 17.2 Å². The molecule has 2 aliphatic heterocycles. The lowest BCUT2D eigenvalue weighted by atomic mass is 9.47. The van der Waals surface area contributed by atoms with Gasteiger partial charge in [-0.1, -0.05) is 68.5 Å². The minimum Gasteiger partial charge on any atom is -0.336 e. The first-order valence-corrected chi connectivity index (χ1v) is 11.3. The van der Waals surface area contributed by atoms with E-state index in [0.717, 1.165) is 35.7 Å². The first-order chi connectivity index (χ1) is 15.1. The Morgan fingerprint density at radius 3 is 2.42 bits per heavy atom. The van der Waals surface area contributed by atoms with E-state index in [1.165, 1.54) is 16.8 Å². The third-order valence-corrected chi connectivity index (χ3v) is 8.08. The summed E-state index contributed by atoms with van der Waals surface area (Å²) in [6, 6.07) is 17.3. The fourth-order valence-electron chi connectivity index (χ4n) is 6.48. The third-order valence-electron chi connectivity index (χ3n) is 8.08. The summed E-state index contributed by atoms with van der Waals surface area (Å²) in [5, 5.41) is 0. The first-order valence-electron chi connectivity index (χ1n) is 11.3. The molecule has 2 aromatic carbocycles. The predicted molar refractivity (Wildman–Crippen MR) is 127 cm³/mol. The maximum Gasteiger partial charge on any atom is 0.161 e. The van der Waals surface area contributed by atoms with Crippen molar-refractivity contribution in [3.05, 3.63) is 78.0 Å². The van der Waals surface area contributed by atoms with Crippen molar-refractivity contribution < 1.29 is 0 Å². The molecule has 0 fully saturated rings. The highest BCUT2D eigenvalue weighted by molar-refractivity contribution is 5.86. The molecule has 0 amide bonds. The quantitative estimate of drug-likeness (QED) is 0.498. The average molecular weight is 409 g/mol. The molecule has 1 aliphatic carbocycles. The molecule has 156 valence electrons. The van der Waals surface area contributed by atoms with E-state index in [4.69, 9.17) is 9.97 Å². The smallest absolute Gasteiger partial charge is 0.161 e. The van der Waals surface area contributed by atoms with Crippen molar-refractivity contribution in [1.82, 2.24) is 9.97 Å². The minimum absolute atomic E-state index is 0.0500. The van der Waals surface area contributed by atoms with Crippen molar-refractivity contribution in [1.29, 1.82) is 0 Å². The minimum atomic E-state index is 0.0500. The second-order valence-electron chi connectivity index (χ2n) is 9.14. The van der Waals surface area contributed by atoms with E-state index in [1.807, 2.05) is 6.20 Å². The standard InChI is InChI=1S/C27H28N4/c1-5-26-15-16-27(26,6-2)25-30(4)24-22(31(25)21-14-10-9-13-20(21)26)17-28-23(29-24)19-12-8-7-11-18(19)3/h7-17,25H,5-6H2,1-4H3. The maximum absolute atomic E-state index is 5.11. The van der Waals surface area contributed by atoms with Crippen LogP contribution in [-0.4, -0.2) is 23.2 Å². The Bertz CT molecular complexity index is 1230. The number of aromatic nitrogens is 2. The lowest BCUT2D eigenvalue weighted by Crippen LogP contribution is -2.66. The number of rotatable bonds is 3. The zero-order valence-corrected chi connectivity index (χ0v) is 18.6. The highest BCUT2D eigenvalue weighted by atomic mass is 15.5. The van der Waals surface area contributed by atoms with Crippen LogP contribution in [0.2, 0.25) is 0 Å². The van der Waals surface area contributed by atoms with Gasteiger partial charge in [0.2, 0.25) is 0 Å². The molecule has 0 saturated heterocycles. The van der Waals surface area contributed by atoms with E-state index in [9.17, 15) is 0 Å². The van der Waals surface area contributed by atoms with Crippen LogP contribution < -0.4 is 9.80 Å². The van der Waals surface area contributed by atoms with Crippen molar-refractivity contribution in [3.8, 4) is 11.4 Å². The Kier molecular flexibility index (Phi) is 3.72. The van der Waals surface area contributed by atoms with Gasteiger partial charge < -0.3 is 9.80 Å². The van der Waals surface area contributed by atoms with Crippen LogP contribution in [0.3, 0.4) is 0 Å². The van der Waals surface area contributed by atoms with Gasteiger partial charge in [-0.05, 0) is 37.0 Å². The summed E-state index contributed by atoms with van der Waals surface area (Å²) in [7, 11) is 2.20. The summed E-state index contributed by atoms with van der Waals surface area (Å²) in [6.45, 7) is 6.79. The first kappa shape index (κ1) is 18.6. The molecule has 31 heavy (non-hydrogen) atoms. The molecule has 0 bridgehead atoms. The lowest BCUT2D eigenvalue weighted by Gasteiger charge is -2.63. The summed E-state index contributed by atoms with van der Waals surface area (Å²) in [6.07, 6.45) is 9.33. The average Bonchev–Trinajstić information content (AvgIpc) is 3.07. The normalized spacial score (nSPS) is 27.3. The molecular weight excluding hydrogens is 380 g/mol. The van der Waals surface area contributed by atoms with Crippen LogP contribution in [0.25, 0.3) is 11.4 Å². The van der Waals surface area contributed by atoms with Crippen molar-refractivity contribution in [2.45, 2.75) is 45.2 Å². The summed E-state index contributed by atoms with van der Waals surface area (Å²) in [5.74, 6) is 1.82. The Hall–Kier alpha value is -3.14. The van der Waals surface area contributed by atoms with Gasteiger partial charge in [-0.3, -0.25) is 0 Å². The topological polar surface area (TPSA) is 32.3 Å². The van der Waals surface area contributed by atoms with Gasteiger partial charge >= 0.3 is 0 Å². The van der Waals surface area contributed by atoms with Crippen molar-refractivity contribution >= 4 is 17.2 Å². The molecule has 0 spiro atoms. The van der Waals surface area contributed by atoms with Gasteiger partial charge in [-0.2, -0.15) is 0 Å². The van der Waals surface area contributed by atoms with E-state index >= 15 is 0 Å². The van der Waals surface area contributed by atoms with Gasteiger partial charge in [0.15, 0.2) is 11.6 Å². The van der Waals surface area contributed by atoms with E-state index in [-0.39, 0.29) is 17.0 Å². The zero-order valence-electron chi connectivity index (χ0n) is 18.6. The summed E-state index contributed by atoms with van der Waals surface area (Å²) < 4.78 is 0. The van der Waals surface area contributed by atoms with E-state index in [1.54, 1.807) is 0 Å². The fourth-order valence-corrected chi connectivity index (χ4v) is 6.48. The molecule has 0 N–H and O–H groups in total. The predicted octanol–water partition coefficient (Wildman–Crippen LogP) is 5.99. The largest absolute Gasteiger partial charge is 0.336 e. The molecule has 3 aliphatic rings. The number of benzene rings is 2. The van der Waals surface area contributed by atoms with Crippen LogP contribution in [0.1, 0.15) is 37.8 Å². The van der Waals surface area contributed by atoms with Crippen molar-refractivity contribution in [2.75, 3.05) is 16.8 Å². The SMILES string of the molecule is CCC12C=CC1(CC)C1N(C)c3nc(-c4ccccc4C)ncc3N1c1ccccc12. The number of allylic oxidation sites excluding steroid dienone is 1. The van der Waals surface area contributed by atoms with Crippen LogP contribution in [0, 0.1) is 12.3 Å². The van der Waals surface area contributed by atoms with Crippen LogP contribution in [0.15, 0.2) is 66.9 Å². The number of fused-ring (bicyclic) bond motifs is 8. The van der Waals surface area contributed by atoms with Gasteiger partial charge in [0.05, 0.1) is 6.20 Å². The van der Waals surface area contributed by atoms with Crippen LogP contribution >= 0.6 is 0 Å². The number of anilines is 3. The molecule has 3 atom stereocenters. The summed E-state index contributed by atoms with van der Waals surface area (Å²) >= 11 is 0. The number of aryl methyl sites for hydroxylation is 1. The molecule has 3 aromatic rings. The second-order valence-corrected chi connectivity index (χ2v) is 9.14. The number of hydrogen-bond donors (Lipinski definition) is 0. The highest BCUT2D eigenvalue weighted by Crippen LogP contribution is 2.67. The van der Waals surface area contributed by atoms with E-state index in [0.29, 0.717) is 0 Å². The maximum atomic E-state index is 5.11. The Balaban J connectivity index is 1.59. The van der Waals surface area contributed by atoms with Crippen LogP contribution in [0.5, 0.6) is 0 Å². The van der Waals surface area contributed by atoms with Crippen molar-refractivity contribution in [3.63, 3.8) is 0 Å². The van der Waals surface area contributed by atoms with Gasteiger partial charge in [-0.25, -0.2) is 9.97 Å². The van der Waals surface area contributed by atoms with E-state index < -0.39 is 0 Å². The number of para-hydroxylation sites is 1. The molecule has 4 heteroatoms. The third kappa shape index (κ3) is 2.06. The monoisotopic (exact) mass is 408 g/mol. The molecule has 3 unspecified atom stereocenters. The Morgan fingerprint density at radius 1 is 0.935 bits per heavy atom. The number of hydrogen-bond acceptors (Lipinski definition) is 4. The Labute approximate surface area is 184 Å². The van der Waals surface area contributed by atoms with Gasteiger partial charge in [-0.15, -0.1) is 0 Å². The summed E-state index contributed by atoms with van der Waals surface area (Å²) in [4.78, 5) is 14.8. The van der Waals surface area contributed by atoms with Gasteiger partial charge in [0.25, 0.3) is 0 Å². The second kappa shape index (κ2) is 6.19. The Morgan fingerprint density at radius 2 is 1.71 bits per heavy atom. The highest BCUT2D eigenvalue weighted by Gasteiger charge is 2.65. The van der Waals surface area contributed by atoms with Crippen LogP contribution in [-0.2, 0) is 5.41 Å². The molecular formula is C27H28N4. The fraction of sp³-hybridized carbons (Fsp3) is 0.333. The molecule has 6 rings (SSSR count). The molecule has 1 aromatic heterocycles. The lowest BCUT2D eigenvalue weighted by molar-refractivity contribution is 0.120. The van der Waals surface area contributed by atoms with Gasteiger partial charge in [0.1, 0.15) is 11.9 Å². The molecule has 3 heterocycles. The molecule has 0 radical (unpaired) electrons. The molecule has 4 nitrogen and oxygen atoms in total. The zero-order chi connectivity index (χ0) is 21.4. The van der Waals surface area contributed by atoms with E-state index in [2.05, 4.69) is 98.3 Å². The molecule has 0 saturated carbocycles. The van der Waals surface area contributed by atoms with Gasteiger partial charge in [0, 0.05) is 29.1 Å². The summed E-state index contributed by atoms with van der Waals surface area (Å²) in [5.41, 5.74) is 6.25.